The maximum Gasteiger partial charge on any atom is 0.0546 e. The van der Waals surface area contributed by atoms with Gasteiger partial charge >= 0.3 is 0 Å². The van der Waals surface area contributed by atoms with Crippen molar-refractivity contribution in [1.29, 1.82) is 0 Å². The van der Waals surface area contributed by atoms with Gasteiger partial charge in [-0.05, 0) is 207 Å². The fourth-order valence-electron chi connectivity index (χ4n) is 8.15. The highest BCUT2D eigenvalue weighted by molar-refractivity contribution is 6.24. The van der Waals surface area contributed by atoms with Gasteiger partial charge in [0.15, 0.2) is 0 Å². The molecule has 8 aromatic rings. The predicted octanol–water partition coefficient (Wildman–Crippen LogP) is 15.2. The molecule has 8 aromatic carbocycles. The summed E-state index contributed by atoms with van der Waals surface area (Å²) >= 11 is 0. The lowest BCUT2D eigenvalue weighted by Gasteiger charge is -2.31. The van der Waals surface area contributed by atoms with Gasteiger partial charge in [-0.1, -0.05) is 60.7 Å². The first-order chi connectivity index (χ1) is 25.9. The van der Waals surface area contributed by atoms with Crippen LogP contribution in [0.15, 0.2) is 121 Å². The van der Waals surface area contributed by atoms with Gasteiger partial charge in [0.05, 0.1) is 11.4 Å². The van der Waals surface area contributed by atoms with Gasteiger partial charge in [0.25, 0.3) is 0 Å². The van der Waals surface area contributed by atoms with E-state index in [0.29, 0.717) is 0 Å². The molecule has 0 amide bonds. The summed E-state index contributed by atoms with van der Waals surface area (Å²) in [7, 11) is 0. The Bertz CT molecular complexity index is 2550. The van der Waals surface area contributed by atoms with Gasteiger partial charge in [-0.25, -0.2) is 0 Å². The Labute approximate surface area is 321 Å². The predicted molar refractivity (Wildman–Crippen MR) is 236 cm³/mol. The van der Waals surface area contributed by atoms with Gasteiger partial charge in [-0.15, -0.1) is 0 Å². The third-order valence-electron chi connectivity index (χ3n) is 12.2. The standard InChI is InChI=1S/C52H50N2/c1-31-19-21-41(23-33(31)3)53(43-25-35(5)39(9)36(6)26-43)51-29-49-46-16-12-14-18-48(46)52(30-50(49)45-15-11-13-17-47(45)51)54(42-22-20-32(2)34(4)24-42)44-27-37(7)40(10)38(8)28-44/h11-30H,1-10H3. The van der Waals surface area contributed by atoms with Crippen molar-refractivity contribution in [2.75, 3.05) is 9.80 Å². The number of fused-ring (bicyclic) bond motifs is 5. The van der Waals surface area contributed by atoms with E-state index in [1.165, 1.54) is 111 Å². The number of benzene rings is 8. The molecule has 0 aliphatic heterocycles. The van der Waals surface area contributed by atoms with E-state index in [4.69, 9.17) is 0 Å². The number of hydrogen-bond donors (Lipinski definition) is 0. The largest absolute Gasteiger partial charge is 0.310 e. The summed E-state index contributed by atoms with van der Waals surface area (Å²) in [4.78, 5) is 4.96. The number of anilines is 6. The number of rotatable bonds is 6. The van der Waals surface area contributed by atoms with Gasteiger partial charge in [0, 0.05) is 33.5 Å². The Morgan fingerprint density at radius 2 is 0.574 bits per heavy atom. The lowest BCUT2D eigenvalue weighted by Crippen LogP contribution is -2.13. The number of aryl methyl sites for hydroxylation is 8. The first-order valence-corrected chi connectivity index (χ1v) is 19.2. The van der Waals surface area contributed by atoms with Gasteiger partial charge in [-0.2, -0.15) is 0 Å². The van der Waals surface area contributed by atoms with E-state index in [1.54, 1.807) is 0 Å². The highest BCUT2D eigenvalue weighted by atomic mass is 15.2. The summed E-state index contributed by atoms with van der Waals surface area (Å²) in [6, 6.07) is 46.0. The minimum Gasteiger partial charge on any atom is -0.310 e. The van der Waals surface area contributed by atoms with Crippen molar-refractivity contribution in [1.82, 2.24) is 0 Å². The zero-order valence-corrected chi connectivity index (χ0v) is 33.4. The molecule has 0 spiro atoms. The molecule has 0 aromatic heterocycles. The zero-order valence-electron chi connectivity index (χ0n) is 33.4. The van der Waals surface area contributed by atoms with Crippen LogP contribution in [0.4, 0.5) is 34.1 Å². The molecule has 0 aliphatic carbocycles. The molecule has 0 unspecified atom stereocenters. The molecule has 2 nitrogen and oxygen atoms in total. The average Bonchev–Trinajstić information content (AvgIpc) is 3.16. The fraction of sp³-hybridized carbons (Fsp3) is 0.192. The molecule has 0 fully saturated rings. The second kappa shape index (κ2) is 13.5. The minimum atomic E-state index is 1.16. The van der Waals surface area contributed by atoms with Crippen molar-refractivity contribution in [3.63, 3.8) is 0 Å². The van der Waals surface area contributed by atoms with Crippen LogP contribution < -0.4 is 9.80 Å². The Kier molecular flexibility index (Phi) is 8.81. The van der Waals surface area contributed by atoms with E-state index in [0.717, 1.165) is 11.4 Å². The van der Waals surface area contributed by atoms with Crippen LogP contribution in [0, 0.1) is 69.2 Å². The maximum absolute atomic E-state index is 2.48. The van der Waals surface area contributed by atoms with Gasteiger partial charge < -0.3 is 9.80 Å². The second-order valence-electron chi connectivity index (χ2n) is 15.6. The van der Waals surface area contributed by atoms with Crippen LogP contribution in [0.1, 0.15) is 55.6 Å². The molecule has 268 valence electrons. The SMILES string of the molecule is Cc1ccc(N(c2cc(C)c(C)c(C)c2)c2cc3c4ccccc4c(N(c4ccc(C)c(C)c4)c4cc(C)c(C)c(C)c4)cc3c3ccccc23)cc1C. The molecule has 0 N–H and O–H groups in total. The molecule has 0 bridgehead atoms. The van der Waals surface area contributed by atoms with Gasteiger partial charge in [-0.3, -0.25) is 0 Å². The third kappa shape index (κ3) is 5.91. The number of hydrogen-bond acceptors (Lipinski definition) is 2. The van der Waals surface area contributed by atoms with Crippen LogP contribution in [-0.2, 0) is 0 Å². The molecule has 0 radical (unpaired) electrons. The Hall–Kier alpha value is -5.86. The average molecular weight is 703 g/mol. The molecule has 0 saturated heterocycles. The normalized spacial score (nSPS) is 11.5. The molecule has 8 rings (SSSR count). The van der Waals surface area contributed by atoms with E-state index in [2.05, 4.69) is 200 Å². The summed E-state index contributed by atoms with van der Waals surface area (Å²) in [6.07, 6.45) is 0. The van der Waals surface area contributed by atoms with Crippen molar-refractivity contribution in [3.8, 4) is 0 Å². The van der Waals surface area contributed by atoms with Crippen molar-refractivity contribution in [2.24, 2.45) is 0 Å². The second-order valence-corrected chi connectivity index (χ2v) is 15.6. The summed E-state index contributed by atoms with van der Waals surface area (Å²) in [5.41, 5.74) is 20.1. The fourth-order valence-corrected chi connectivity index (χ4v) is 8.15. The Balaban J connectivity index is 1.48. The highest BCUT2D eigenvalue weighted by Gasteiger charge is 2.23. The van der Waals surface area contributed by atoms with E-state index >= 15 is 0 Å². The van der Waals surface area contributed by atoms with Crippen molar-refractivity contribution in [3.05, 3.63) is 177 Å². The Morgan fingerprint density at radius 1 is 0.259 bits per heavy atom. The first kappa shape index (κ1) is 35.2. The molecular weight excluding hydrogens is 653 g/mol. The van der Waals surface area contributed by atoms with Gasteiger partial charge in [0.1, 0.15) is 0 Å². The topological polar surface area (TPSA) is 6.48 Å². The monoisotopic (exact) mass is 702 g/mol. The van der Waals surface area contributed by atoms with Crippen LogP contribution in [0.5, 0.6) is 0 Å². The van der Waals surface area contributed by atoms with Crippen LogP contribution in [0.3, 0.4) is 0 Å². The van der Waals surface area contributed by atoms with E-state index in [-0.39, 0.29) is 0 Å². The lowest BCUT2D eigenvalue weighted by molar-refractivity contribution is 1.21. The minimum absolute atomic E-state index is 1.16. The third-order valence-corrected chi connectivity index (χ3v) is 12.2. The highest BCUT2D eigenvalue weighted by Crippen LogP contribution is 2.48. The summed E-state index contributed by atoms with van der Waals surface area (Å²) < 4.78 is 0. The Morgan fingerprint density at radius 3 is 0.907 bits per heavy atom. The first-order valence-electron chi connectivity index (χ1n) is 19.2. The zero-order chi connectivity index (χ0) is 38.0. The lowest BCUT2D eigenvalue weighted by atomic mass is 9.92. The molecule has 0 atom stereocenters. The van der Waals surface area contributed by atoms with E-state index < -0.39 is 0 Å². The quantitative estimate of drug-likeness (QED) is 0.159. The van der Waals surface area contributed by atoms with Crippen LogP contribution in [-0.4, -0.2) is 0 Å². The molecule has 0 heterocycles. The van der Waals surface area contributed by atoms with Crippen LogP contribution in [0.2, 0.25) is 0 Å². The van der Waals surface area contributed by atoms with Gasteiger partial charge in [0.2, 0.25) is 0 Å². The maximum atomic E-state index is 2.48. The van der Waals surface area contributed by atoms with E-state index in [1.807, 2.05) is 0 Å². The van der Waals surface area contributed by atoms with Crippen molar-refractivity contribution < 1.29 is 0 Å². The van der Waals surface area contributed by atoms with Crippen molar-refractivity contribution in [2.45, 2.75) is 69.2 Å². The number of nitrogens with zero attached hydrogens (tertiary/aromatic N) is 2. The van der Waals surface area contributed by atoms with Crippen LogP contribution >= 0.6 is 0 Å². The molecule has 54 heavy (non-hydrogen) atoms. The molecule has 0 aliphatic rings. The summed E-state index contributed by atoms with van der Waals surface area (Å²) in [5, 5.41) is 7.41. The van der Waals surface area contributed by atoms with Crippen molar-refractivity contribution >= 4 is 66.4 Å². The summed E-state index contributed by atoms with van der Waals surface area (Å²) in [5.74, 6) is 0. The van der Waals surface area contributed by atoms with Crippen LogP contribution in [0.25, 0.3) is 32.3 Å². The smallest absolute Gasteiger partial charge is 0.0546 e. The molecule has 0 saturated carbocycles. The molecule has 2 heteroatoms. The molecular formula is C52H50N2. The van der Waals surface area contributed by atoms with E-state index in [9.17, 15) is 0 Å². The summed E-state index contributed by atoms with van der Waals surface area (Å²) in [6.45, 7) is 22.2.